The molecule has 0 bridgehead atoms. The number of halogens is 2. The van der Waals surface area contributed by atoms with Gasteiger partial charge in [0, 0.05) is 48.1 Å². The van der Waals surface area contributed by atoms with Gasteiger partial charge in [0.05, 0.1) is 11.9 Å². The van der Waals surface area contributed by atoms with Crippen LogP contribution in [0.4, 0.5) is 5.82 Å². The normalized spacial score (nSPS) is 10.2. The Hall–Kier alpha value is -3.20. The lowest BCUT2D eigenvalue weighted by atomic mass is 10.2. The highest BCUT2D eigenvalue weighted by atomic mass is 35.5. The van der Waals surface area contributed by atoms with Crippen molar-refractivity contribution in [2.45, 2.75) is 6.54 Å². The zero-order valence-corrected chi connectivity index (χ0v) is 18.6. The molecule has 0 unspecified atom stereocenters. The molecule has 10 heteroatoms. The van der Waals surface area contributed by atoms with Crippen LogP contribution in [-0.2, 0) is 6.54 Å². The van der Waals surface area contributed by atoms with Gasteiger partial charge >= 0.3 is 0 Å². The third-order valence-corrected chi connectivity index (χ3v) is 5.40. The molecule has 0 spiro atoms. The van der Waals surface area contributed by atoms with E-state index in [1.165, 1.54) is 0 Å². The minimum absolute atomic E-state index is 0. The van der Waals surface area contributed by atoms with E-state index in [9.17, 15) is 0 Å². The quantitative estimate of drug-likeness (QED) is 0.375. The maximum atomic E-state index is 4.74. The van der Waals surface area contributed by atoms with Gasteiger partial charge in [-0.3, -0.25) is 4.57 Å². The fourth-order valence-electron chi connectivity index (χ4n) is 3.00. The van der Waals surface area contributed by atoms with Gasteiger partial charge in [0.2, 0.25) is 5.95 Å². The van der Waals surface area contributed by atoms with Crippen LogP contribution in [-0.4, -0.2) is 29.1 Å². The first kappa shape index (κ1) is 22.5. The minimum Gasteiger partial charge on any atom is -0.365 e. The molecule has 0 aliphatic carbocycles. The molecular weight excluding hydrogens is 453 g/mol. The molecule has 0 saturated carbocycles. The Kier molecular flexibility index (Phi) is 7.41. The van der Waals surface area contributed by atoms with Gasteiger partial charge in [-0.2, -0.15) is 4.98 Å². The number of imidazole rings is 2. The van der Waals surface area contributed by atoms with Crippen molar-refractivity contribution in [1.29, 1.82) is 0 Å². The van der Waals surface area contributed by atoms with Gasteiger partial charge in [-0.1, -0.05) is 18.2 Å². The Bertz CT molecular complexity index is 1190. The summed E-state index contributed by atoms with van der Waals surface area (Å²) in [5.41, 5.74) is 3.22. The van der Waals surface area contributed by atoms with Crippen molar-refractivity contribution in [2.24, 2.45) is 0 Å². The van der Waals surface area contributed by atoms with Gasteiger partial charge in [-0.25, -0.2) is 15.0 Å². The monoisotopic (exact) mass is 471 g/mol. The summed E-state index contributed by atoms with van der Waals surface area (Å²) in [6, 6.07) is 12.5. The largest absolute Gasteiger partial charge is 0.365 e. The smallest absolute Gasteiger partial charge is 0.236 e. The standard InChI is InChI=1S/C21H17N7S.2ClH/c1-2-19(29-11-1)18-13-25-21(28-10-8-23-15-28)26-20(18)24-12-16-3-5-17(6-4-16)27-9-7-22-14-27;;/h1-11,13-15H,12H2,(H,24,25,26);2*1H. The zero-order chi connectivity index (χ0) is 19.5. The lowest BCUT2D eigenvalue weighted by Gasteiger charge is -2.12. The molecule has 0 aliphatic rings. The predicted octanol–water partition coefficient (Wildman–Crippen LogP) is 5.03. The number of nitrogens with zero attached hydrogens (tertiary/aromatic N) is 6. The Balaban J connectivity index is 0.00000136. The average Bonchev–Trinajstić information content (AvgIpc) is 3.55. The van der Waals surface area contributed by atoms with E-state index >= 15 is 0 Å². The van der Waals surface area contributed by atoms with Crippen LogP contribution in [0.25, 0.3) is 22.1 Å². The lowest BCUT2D eigenvalue weighted by Crippen LogP contribution is -2.07. The molecule has 1 N–H and O–H groups in total. The third-order valence-electron chi connectivity index (χ3n) is 4.50. The van der Waals surface area contributed by atoms with Crippen LogP contribution < -0.4 is 5.32 Å². The Labute approximate surface area is 195 Å². The van der Waals surface area contributed by atoms with Crippen LogP contribution in [0.3, 0.4) is 0 Å². The number of benzene rings is 1. The summed E-state index contributed by atoms with van der Waals surface area (Å²) in [7, 11) is 0. The van der Waals surface area contributed by atoms with Gasteiger partial charge in [-0.15, -0.1) is 36.2 Å². The van der Waals surface area contributed by atoms with Crippen molar-refractivity contribution in [1.82, 2.24) is 29.1 Å². The Morgan fingerprint density at radius 3 is 2.29 bits per heavy atom. The number of nitrogens with one attached hydrogen (secondary N) is 1. The van der Waals surface area contributed by atoms with E-state index in [0.29, 0.717) is 12.5 Å². The average molecular weight is 472 g/mol. The topological polar surface area (TPSA) is 73.5 Å². The molecule has 0 amide bonds. The van der Waals surface area contributed by atoms with Crippen molar-refractivity contribution < 1.29 is 0 Å². The van der Waals surface area contributed by atoms with Crippen LogP contribution in [0.15, 0.2) is 85.4 Å². The van der Waals surface area contributed by atoms with Crippen molar-refractivity contribution in [3.63, 3.8) is 0 Å². The summed E-state index contributed by atoms with van der Waals surface area (Å²) in [5, 5.41) is 5.53. The molecule has 5 rings (SSSR count). The predicted molar refractivity (Wildman–Crippen MR) is 128 cm³/mol. The summed E-state index contributed by atoms with van der Waals surface area (Å²) < 4.78 is 3.78. The van der Waals surface area contributed by atoms with Gasteiger partial charge in [-0.05, 0) is 29.1 Å². The van der Waals surface area contributed by atoms with E-state index in [1.807, 2.05) is 29.2 Å². The van der Waals surface area contributed by atoms with Gasteiger partial charge < -0.3 is 9.88 Å². The van der Waals surface area contributed by atoms with Crippen molar-refractivity contribution in [2.75, 3.05) is 5.32 Å². The summed E-state index contributed by atoms with van der Waals surface area (Å²) >= 11 is 1.67. The lowest BCUT2D eigenvalue weighted by molar-refractivity contribution is 0.922. The summed E-state index contributed by atoms with van der Waals surface area (Å²) in [6.07, 6.45) is 12.6. The van der Waals surface area contributed by atoms with Crippen molar-refractivity contribution >= 4 is 42.0 Å². The van der Waals surface area contributed by atoms with E-state index in [1.54, 1.807) is 41.0 Å². The highest BCUT2D eigenvalue weighted by Crippen LogP contribution is 2.30. The van der Waals surface area contributed by atoms with Gasteiger partial charge in [0.15, 0.2) is 0 Å². The Morgan fingerprint density at radius 1 is 0.903 bits per heavy atom. The maximum Gasteiger partial charge on any atom is 0.236 e. The number of aromatic nitrogens is 6. The maximum absolute atomic E-state index is 4.74. The van der Waals surface area contributed by atoms with E-state index < -0.39 is 0 Å². The number of anilines is 1. The number of hydrogen-bond acceptors (Lipinski definition) is 6. The van der Waals surface area contributed by atoms with Crippen molar-refractivity contribution in [3.05, 3.63) is 91.0 Å². The van der Waals surface area contributed by atoms with Crippen LogP contribution >= 0.6 is 36.2 Å². The fourth-order valence-corrected chi connectivity index (χ4v) is 3.74. The molecule has 0 aliphatic heterocycles. The second kappa shape index (κ2) is 10.2. The first-order chi connectivity index (χ1) is 14.4. The molecule has 0 fully saturated rings. The first-order valence-corrected chi connectivity index (χ1v) is 9.95. The molecular formula is C21H19Cl2N7S. The molecule has 7 nitrogen and oxygen atoms in total. The third kappa shape index (κ3) is 4.93. The van der Waals surface area contributed by atoms with E-state index in [4.69, 9.17) is 4.98 Å². The molecule has 0 atom stereocenters. The SMILES string of the molecule is Cl.Cl.c1csc(-c2cnc(-n3ccnc3)nc2NCc2ccc(-n3ccnc3)cc2)c1. The minimum atomic E-state index is 0. The van der Waals surface area contributed by atoms with Crippen molar-refractivity contribution in [3.8, 4) is 22.1 Å². The molecule has 158 valence electrons. The molecule has 0 saturated heterocycles. The first-order valence-electron chi connectivity index (χ1n) is 9.07. The molecule has 1 aromatic carbocycles. The summed E-state index contributed by atoms with van der Waals surface area (Å²) in [5.74, 6) is 1.38. The zero-order valence-electron chi connectivity index (χ0n) is 16.2. The molecule has 5 aromatic rings. The van der Waals surface area contributed by atoms with Crippen LogP contribution in [0, 0.1) is 0 Å². The van der Waals surface area contributed by atoms with Crippen LogP contribution in [0.2, 0.25) is 0 Å². The number of thiophene rings is 1. The van der Waals surface area contributed by atoms with E-state index in [0.717, 1.165) is 27.5 Å². The van der Waals surface area contributed by atoms with Gasteiger partial charge in [0.25, 0.3) is 0 Å². The van der Waals surface area contributed by atoms with Gasteiger partial charge in [0.1, 0.15) is 12.1 Å². The molecule has 0 radical (unpaired) electrons. The highest BCUT2D eigenvalue weighted by Gasteiger charge is 2.11. The van der Waals surface area contributed by atoms with Crippen LogP contribution in [0.5, 0.6) is 0 Å². The summed E-state index contributed by atoms with van der Waals surface area (Å²) in [4.78, 5) is 18.5. The van der Waals surface area contributed by atoms with Crippen LogP contribution in [0.1, 0.15) is 5.56 Å². The molecule has 4 aromatic heterocycles. The number of rotatable bonds is 6. The second-order valence-corrected chi connectivity index (χ2v) is 7.32. The summed E-state index contributed by atoms with van der Waals surface area (Å²) in [6.45, 7) is 0.656. The molecule has 31 heavy (non-hydrogen) atoms. The molecule has 4 heterocycles. The highest BCUT2D eigenvalue weighted by molar-refractivity contribution is 7.13. The van der Waals surface area contributed by atoms with E-state index in [2.05, 4.69) is 56.0 Å². The van der Waals surface area contributed by atoms with E-state index in [-0.39, 0.29) is 24.8 Å². The number of hydrogen-bond donors (Lipinski definition) is 1. The second-order valence-electron chi connectivity index (χ2n) is 6.37. The fraction of sp³-hybridized carbons (Fsp3) is 0.0476. The Morgan fingerprint density at radius 2 is 1.65 bits per heavy atom.